The number of nitrogens with one attached hydrogen (secondary N) is 4. The minimum atomic E-state index is -0.823. The van der Waals surface area contributed by atoms with Gasteiger partial charge in [-0.05, 0) is 18.9 Å². The van der Waals surface area contributed by atoms with Crippen LogP contribution in [0.5, 0.6) is 0 Å². The van der Waals surface area contributed by atoms with Gasteiger partial charge in [-0.15, -0.1) is 11.8 Å². The van der Waals surface area contributed by atoms with Gasteiger partial charge in [0.15, 0.2) is 11.6 Å². The number of carbonyl (C=O) groups is 2. The molecule has 0 bridgehead atoms. The SMILES string of the molecule is CCC(C(=O)NCC(=O)CSCc1ccccc1)n1cc(C(C)(C)C)nc(NCC(=N)C(C)=N)c1=O. The summed E-state index contributed by atoms with van der Waals surface area (Å²) in [5.74, 6) is 0.501. The number of rotatable bonds is 13. The Hall–Kier alpha value is -3.27. The number of anilines is 1. The summed E-state index contributed by atoms with van der Waals surface area (Å²) in [5.41, 5.74) is 0.960. The molecule has 1 aromatic carbocycles. The van der Waals surface area contributed by atoms with Crippen molar-refractivity contribution in [2.75, 3.05) is 24.2 Å². The Labute approximate surface area is 216 Å². The highest BCUT2D eigenvalue weighted by Crippen LogP contribution is 2.22. The number of amides is 1. The van der Waals surface area contributed by atoms with E-state index in [1.54, 1.807) is 13.1 Å². The van der Waals surface area contributed by atoms with Gasteiger partial charge in [-0.25, -0.2) is 4.98 Å². The second-order valence-electron chi connectivity index (χ2n) is 9.55. The summed E-state index contributed by atoms with van der Waals surface area (Å²) in [6, 6.07) is 9.03. The Bertz CT molecular complexity index is 1150. The van der Waals surface area contributed by atoms with Gasteiger partial charge in [0.2, 0.25) is 5.91 Å². The summed E-state index contributed by atoms with van der Waals surface area (Å²) in [4.78, 5) is 43.0. The van der Waals surface area contributed by atoms with Crippen molar-refractivity contribution in [2.24, 2.45) is 0 Å². The molecular weight excluding hydrogens is 476 g/mol. The minimum Gasteiger partial charge on any atom is -0.360 e. The molecule has 0 radical (unpaired) electrons. The summed E-state index contributed by atoms with van der Waals surface area (Å²) in [6.45, 7) is 9.01. The Balaban J connectivity index is 2.13. The maximum atomic E-state index is 13.2. The van der Waals surface area contributed by atoms with Crippen molar-refractivity contribution in [1.29, 1.82) is 10.8 Å². The molecule has 1 heterocycles. The smallest absolute Gasteiger partial charge is 0.294 e. The van der Waals surface area contributed by atoms with Crippen LogP contribution in [0.3, 0.4) is 0 Å². The molecule has 194 valence electrons. The molecule has 2 rings (SSSR count). The van der Waals surface area contributed by atoms with Crippen LogP contribution >= 0.6 is 11.8 Å². The van der Waals surface area contributed by atoms with Crippen molar-refractivity contribution in [2.45, 2.75) is 58.2 Å². The van der Waals surface area contributed by atoms with Gasteiger partial charge in [-0.1, -0.05) is 58.0 Å². The molecule has 0 saturated heterocycles. The monoisotopic (exact) mass is 512 g/mol. The van der Waals surface area contributed by atoms with Crippen LogP contribution in [0.15, 0.2) is 41.3 Å². The van der Waals surface area contributed by atoms with Crippen molar-refractivity contribution < 1.29 is 9.59 Å². The molecule has 0 fully saturated rings. The van der Waals surface area contributed by atoms with E-state index in [2.05, 4.69) is 15.6 Å². The molecule has 4 N–H and O–H groups in total. The van der Waals surface area contributed by atoms with Gasteiger partial charge < -0.3 is 21.5 Å². The quantitative estimate of drug-likeness (QED) is 0.302. The predicted molar refractivity (Wildman–Crippen MR) is 147 cm³/mol. The van der Waals surface area contributed by atoms with Gasteiger partial charge in [-0.3, -0.25) is 19.0 Å². The number of hydrogen-bond donors (Lipinski definition) is 4. The molecule has 1 aromatic heterocycles. The summed E-state index contributed by atoms with van der Waals surface area (Å²) < 4.78 is 1.35. The number of hydrogen-bond acceptors (Lipinski definition) is 8. The van der Waals surface area contributed by atoms with Crippen LogP contribution in [0, 0.1) is 10.8 Å². The molecule has 1 amide bonds. The van der Waals surface area contributed by atoms with Gasteiger partial charge >= 0.3 is 0 Å². The lowest BCUT2D eigenvalue weighted by Crippen LogP contribution is -2.41. The number of thioether (sulfide) groups is 1. The van der Waals surface area contributed by atoms with E-state index in [0.29, 0.717) is 17.9 Å². The molecule has 0 aliphatic carbocycles. The minimum absolute atomic E-state index is 0.0214. The molecular formula is C26H36N6O3S. The van der Waals surface area contributed by atoms with Crippen LogP contribution in [0.1, 0.15) is 58.3 Å². The summed E-state index contributed by atoms with van der Waals surface area (Å²) in [5, 5.41) is 21.0. The van der Waals surface area contributed by atoms with E-state index < -0.39 is 22.9 Å². The number of aromatic nitrogens is 2. The first-order valence-corrected chi connectivity index (χ1v) is 13.0. The van der Waals surface area contributed by atoms with E-state index >= 15 is 0 Å². The van der Waals surface area contributed by atoms with Crippen LogP contribution in [0.25, 0.3) is 0 Å². The van der Waals surface area contributed by atoms with Gasteiger partial charge in [0.1, 0.15) is 6.04 Å². The van der Waals surface area contributed by atoms with E-state index in [1.807, 2.05) is 51.1 Å². The van der Waals surface area contributed by atoms with Gasteiger partial charge in [-0.2, -0.15) is 0 Å². The van der Waals surface area contributed by atoms with Crippen molar-refractivity contribution in [1.82, 2.24) is 14.9 Å². The Morgan fingerprint density at radius 3 is 2.39 bits per heavy atom. The lowest BCUT2D eigenvalue weighted by Gasteiger charge is -2.24. The largest absolute Gasteiger partial charge is 0.360 e. The third-order valence-electron chi connectivity index (χ3n) is 5.44. The van der Waals surface area contributed by atoms with Crippen LogP contribution in [-0.4, -0.2) is 51.5 Å². The Morgan fingerprint density at radius 2 is 1.81 bits per heavy atom. The van der Waals surface area contributed by atoms with E-state index in [-0.39, 0.29) is 41.9 Å². The van der Waals surface area contributed by atoms with Gasteiger partial charge in [0, 0.05) is 17.4 Å². The lowest BCUT2D eigenvalue weighted by atomic mass is 9.92. The van der Waals surface area contributed by atoms with Crippen molar-refractivity contribution in [3.63, 3.8) is 0 Å². The molecule has 1 unspecified atom stereocenters. The van der Waals surface area contributed by atoms with E-state index in [1.165, 1.54) is 23.3 Å². The summed E-state index contributed by atoms with van der Waals surface area (Å²) in [6.07, 6.45) is 1.93. The zero-order valence-corrected chi connectivity index (χ0v) is 22.4. The first-order chi connectivity index (χ1) is 16.9. The zero-order valence-electron chi connectivity index (χ0n) is 21.6. The molecule has 2 aromatic rings. The topological polar surface area (TPSA) is 141 Å². The highest BCUT2D eigenvalue weighted by Gasteiger charge is 2.26. The first kappa shape index (κ1) is 29.0. The highest BCUT2D eigenvalue weighted by molar-refractivity contribution is 7.99. The van der Waals surface area contributed by atoms with Crippen LogP contribution < -0.4 is 16.2 Å². The third kappa shape index (κ3) is 8.44. The fourth-order valence-electron chi connectivity index (χ4n) is 3.24. The third-order valence-corrected chi connectivity index (χ3v) is 6.51. The van der Waals surface area contributed by atoms with E-state index in [0.717, 1.165) is 5.56 Å². The van der Waals surface area contributed by atoms with Gasteiger partial charge in [0.25, 0.3) is 5.56 Å². The molecule has 0 aliphatic heterocycles. The molecule has 36 heavy (non-hydrogen) atoms. The maximum Gasteiger partial charge on any atom is 0.294 e. The highest BCUT2D eigenvalue weighted by atomic mass is 32.2. The standard InChI is InChI=1S/C26H36N6O3S/c1-6-21(24(34)30-12-19(33)16-36-15-18-10-8-7-9-11-18)32-14-22(26(3,4)5)31-23(25(32)35)29-13-20(28)17(2)27/h7-11,14,21,27-28H,6,12-13,15-16H2,1-5H3,(H,29,31)(H,30,34). The number of benzene rings is 1. The Kier molecular flexibility index (Phi) is 10.6. The first-order valence-electron chi connectivity index (χ1n) is 11.9. The van der Waals surface area contributed by atoms with Crippen molar-refractivity contribution in [3.8, 4) is 0 Å². The second kappa shape index (κ2) is 13.2. The molecule has 1 atom stereocenters. The molecule has 0 saturated carbocycles. The molecule has 0 spiro atoms. The van der Waals surface area contributed by atoms with E-state index in [4.69, 9.17) is 10.8 Å². The summed E-state index contributed by atoms with van der Waals surface area (Å²) in [7, 11) is 0. The average molecular weight is 513 g/mol. The summed E-state index contributed by atoms with van der Waals surface area (Å²) >= 11 is 1.49. The van der Waals surface area contributed by atoms with Crippen molar-refractivity contribution >= 4 is 40.7 Å². The molecule has 0 aliphatic rings. The van der Waals surface area contributed by atoms with Crippen LogP contribution in [0.2, 0.25) is 0 Å². The Morgan fingerprint density at radius 1 is 1.14 bits per heavy atom. The normalized spacial score (nSPS) is 12.0. The number of ketones is 1. The zero-order chi connectivity index (χ0) is 26.9. The molecule has 9 nitrogen and oxygen atoms in total. The van der Waals surface area contributed by atoms with E-state index in [9.17, 15) is 14.4 Å². The number of nitrogens with zero attached hydrogens (tertiary/aromatic N) is 2. The fourth-order valence-corrected chi connectivity index (χ4v) is 4.10. The second-order valence-corrected chi connectivity index (χ2v) is 10.5. The van der Waals surface area contributed by atoms with Crippen molar-refractivity contribution in [3.05, 3.63) is 58.1 Å². The lowest BCUT2D eigenvalue weighted by molar-refractivity contribution is -0.127. The van der Waals surface area contributed by atoms with Gasteiger partial charge in [0.05, 0.1) is 36.0 Å². The van der Waals surface area contributed by atoms with Crippen LogP contribution in [-0.2, 0) is 20.8 Å². The number of Topliss-reactive ketones (excluding diaryl/α,β-unsaturated/α-hetero) is 1. The number of carbonyl (C=O) groups excluding carboxylic acids is 2. The maximum absolute atomic E-state index is 13.2. The van der Waals surface area contributed by atoms with Crippen LogP contribution in [0.4, 0.5) is 5.82 Å². The predicted octanol–water partition coefficient (Wildman–Crippen LogP) is 3.58. The molecule has 10 heteroatoms. The average Bonchev–Trinajstić information content (AvgIpc) is 2.83. The fraction of sp³-hybridized carbons (Fsp3) is 0.462.